The molecule has 1 amide bonds. The molecule has 32 heavy (non-hydrogen) atoms. The van der Waals surface area contributed by atoms with E-state index < -0.39 is 29.9 Å². The van der Waals surface area contributed by atoms with Crippen LogP contribution in [0.15, 0.2) is 46.2 Å². The first-order valence-corrected chi connectivity index (χ1v) is 10.5. The van der Waals surface area contributed by atoms with Gasteiger partial charge < -0.3 is 14.2 Å². The van der Waals surface area contributed by atoms with Gasteiger partial charge in [-0.05, 0) is 19.3 Å². The molecule has 10 nitrogen and oxygen atoms in total. The second-order valence-electron chi connectivity index (χ2n) is 7.93. The lowest BCUT2D eigenvalue weighted by Crippen LogP contribution is -2.43. The first-order chi connectivity index (χ1) is 15.4. The molecule has 2 aromatic heterocycles. The third-order valence-corrected chi connectivity index (χ3v) is 5.73. The maximum atomic E-state index is 13.2. The van der Waals surface area contributed by atoms with E-state index in [1.807, 2.05) is 0 Å². The lowest BCUT2D eigenvalue weighted by molar-refractivity contribution is -0.162. The van der Waals surface area contributed by atoms with Crippen molar-refractivity contribution in [1.82, 2.24) is 23.6 Å². The van der Waals surface area contributed by atoms with Crippen molar-refractivity contribution in [2.75, 3.05) is 13.1 Å². The fraction of sp³-hybridized carbons (Fsp3) is 0.409. The molecule has 1 fully saturated rings. The zero-order valence-electron chi connectivity index (χ0n) is 18.1. The summed E-state index contributed by atoms with van der Waals surface area (Å²) in [6.07, 6.45) is 3.15. The number of hydrogen-bond donors (Lipinski definition) is 0. The summed E-state index contributed by atoms with van der Waals surface area (Å²) >= 11 is 0. The lowest BCUT2D eigenvalue weighted by atomic mass is 10.1. The van der Waals surface area contributed by atoms with E-state index in [-0.39, 0.29) is 17.1 Å². The second kappa shape index (κ2) is 8.81. The van der Waals surface area contributed by atoms with E-state index in [0.717, 1.165) is 23.8 Å². The number of rotatable bonds is 5. The predicted molar refractivity (Wildman–Crippen MR) is 116 cm³/mol. The highest BCUT2D eigenvalue weighted by Crippen LogP contribution is 2.23. The van der Waals surface area contributed by atoms with Crippen molar-refractivity contribution in [1.29, 1.82) is 0 Å². The van der Waals surface area contributed by atoms with Gasteiger partial charge in [0, 0.05) is 32.7 Å². The van der Waals surface area contributed by atoms with Crippen LogP contribution >= 0.6 is 0 Å². The molecule has 1 atom stereocenters. The molecule has 1 unspecified atom stereocenters. The maximum absolute atomic E-state index is 13.2. The molecular formula is C22H25N5O5. The van der Waals surface area contributed by atoms with Gasteiger partial charge in [0.25, 0.3) is 11.5 Å². The normalized spacial score (nSPS) is 15.0. The summed E-state index contributed by atoms with van der Waals surface area (Å²) < 4.78 is 9.07. The predicted octanol–water partition coefficient (Wildman–Crippen LogP) is 0.731. The number of hydrogen-bond acceptors (Lipinski definition) is 6. The van der Waals surface area contributed by atoms with Gasteiger partial charge in [0.2, 0.25) is 6.10 Å². The van der Waals surface area contributed by atoms with Crippen LogP contribution in [0.25, 0.3) is 11.2 Å². The summed E-state index contributed by atoms with van der Waals surface area (Å²) in [5, 5.41) is 0. The number of aromatic nitrogens is 4. The first-order valence-electron chi connectivity index (χ1n) is 10.5. The molecule has 0 spiro atoms. The molecule has 1 aliphatic rings. The number of carbonyl (C=O) groups excluding carboxylic acids is 2. The molecule has 3 heterocycles. The lowest BCUT2D eigenvalue weighted by Gasteiger charge is -2.30. The summed E-state index contributed by atoms with van der Waals surface area (Å²) in [7, 11) is 3.11. The van der Waals surface area contributed by atoms with Crippen LogP contribution < -0.4 is 11.2 Å². The Morgan fingerprint density at radius 2 is 1.75 bits per heavy atom. The van der Waals surface area contributed by atoms with E-state index in [0.29, 0.717) is 18.7 Å². The van der Waals surface area contributed by atoms with Crippen molar-refractivity contribution in [3.8, 4) is 0 Å². The van der Waals surface area contributed by atoms with Crippen LogP contribution in [0.4, 0.5) is 0 Å². The van der Waals surface area contributed by atoms with E-state index in [9.17, 15) is 19.2 Å². The number of amides is 1. The molecule has 0 saturated carbocycles. The quantitative estimate of drug-likeness (QED) is 0.543. The van der Waals surface area contributed by atoms with E-state index >= 15 is 0 Å². The van der Waals surface area contributed by atoms with Crippen LogP contribution in [0.1, 0.15) is 30.9 Å². The highest BCUT2D eigenvalue weighted by Gasteiger charge is 2.30. The van der Waals surface area contributed by atoms with Crippen LogP contribution in [0.2, 0.25) is 0 Å². The van der Waals surface area contributed by atoms with Crippen LogP contribution in [0.5, 0.6) is 0 Å². The maximum Gasteiger partial charge on any atom is 0.333 e. The van der Waals surface area contributed by atoms with Crippen molar-refractivity contribution >= 4 is 23.0 Å². The summed E-state index contributed by atoms with van der Waals surface area (Å²) in [4.78, 5) is 57.3. The number of aryl methyl sites for hydroxylation is 2. The van der Waals surface area contributed by atoms with Gasteiger partial charge in [0.1, 0.15) is 6.54 Å². The Labute approximate surface area is 183 Å². The van der Waals surface area contributed by atoms with Crippen LogP contribution in [0.3, 0.4) is 0 Å². The average Bonchev–Trinajstić information content (AvgIpc) is 3.21. The molecule has 3 aromatic rings. The average molecular weight is 439 g/mol. The highest BCUT2D eigenvalue weighted by molar-refractivity contribution is 5.85. The fourth-order valence-corrected chi connectivity index (χ4v) is 4.00. The molecule has 0 N–H and O–H groups in total. The van der Waals surface area contributed by atoms with Gasteiger partial charge in [0.05, 0.1) is 6.33 Å². The zero-order valence-corrected chi connectivity index (χ0v) is 18.1. The molecule has 0 bridgehead atoms. The molecular weight excluding hydrogens is 414 g/mol. The Morgan fingerprint density at radius 1 is 1.06 bits per heavy atom. The standard InChI is InChI=1S/C22H25N5O5/c1-24-14-23-19-17(24)20(29)27(22(31)25(19)2)13-16(28)32-18(15-9-5-3-6-10-15)21(30)26-11-7-4-8-12-26/h3,5-6,9-10,14,18H,4,7-8,11-13H2,1-2H3. The zero-order chi connectivity index (χ0) is 22.8. The van der Waals surface area contributed by atoms with E-state index in [1.54, 1.807) is 42.3 Å². The van der Waals surface area contributed by atoms with E-state index in [4.69, 9.17) is 4.74 Å². The third-order valence-electron chi connectivity index (χ3n) is 5.73. The minimum Gasteiger partial charge on any atom is -0.446 e. The largest absolute Gasteiger partial charge is 0.446 e. The number of esters is 1. The van der Waals surface area contributed by atoms with Gasteiger partial charge in [-0.15, -0.1) is 0 Å². The number of likely N-dealkylation sites (tertiary alicyclic amines) is 1. The third kappa shape index (κ3) is 3.95. The molecule has 1 saturated heterocycles. The van der Waals surface area contributed by atoms with Crippen LogP contribution in [-0.4, -0.2) is 48.6 Å². The summed E-state index contributed by atoms with van der Waals surface area (Å²) in [5.74, 6) is -1.14. The van der Waals surface area contributed by atoms with Crippen molar-refractivity contribution in [3.63, 3.8) is 0 Å². The molecule has 0 radical (unpaired) electrons. The number of benzene rings is 1. The van der Waals surface area contributed by atoms with E-state index in [1.165, 1.54) is 22.5 Å². The fourth-order valence-electron chi connectivity index (χ4n) is 4.00. The van der Waals surface area contributed by atoms with Gasteiger partial charge in [-0.1, -0.05) is 30.3 Å². The van der Waals surface area contributed by atoms with Gasteiger partial charge in [-0.2, -0.15) is 0 Å². The Morgan fingerprint density at radius 3 is 2.44 bits per heavy atom. The van der Waals surface area contributed by atoms with Gasteiger partial charge in [0.15, 0.2) is 11.2 Å². The minimum absolute atomic E-state index is 0.198. The minimum atomic E-state index is -1.14. The van der Waals surface area contributed by atoms with Crippen molar-refractivity contribution < 1.29 is 14.3 Å². The number of nitrogens with zero attached hydrogens (tertiary/aromatic N) is 5. The number of carbonyl (C=O) groups is 2. The topological polar surface area (TPSA) is 108 Å². The molecule has 10 heteroatoms. The summed E-state index contributed by atoms with van der Waals surface area (Å²) in [6.45, 7) is 0.608. The van der Waals surface area contributed by atoms with Crippen molar-refractivity contribution in [2.45, 2.75) is 31.9 Å². The van der Waals surface area contributed by atoms with Gasteiger partial charge in [-0.25, -0.2) is 14.3 Å². The van der Waals surface area contributed by atoms with Crippen LogP contribution in [0, 0.1) is 0 Å². The molecule has 4 rings (SSSR count). The summed E-state index contributed by atoms with van der Waals surface area (Å²) in [6, 6.07) is 8.76. The number of fused-ring (bicyclic) bond motifs is 1. The highest BCUT2D eigenvalue weighted by atomic mass is 16.5. The smallest absolute Gasteiger partial charge is 0.333 e. The molecule has 168 valence electrons. The monoisotopic (exact) mass is 439 g/mol. The van der Waals surface area contributed by atoms with Gasteiger partial charge in [-0.3, -0.25) is 19.0 Å². The Balaban J connectivity index is 1.63. The SMILES string of the molecule is Cn1cnc2c1c(=O)n(CC(=O)OC(C(=O)N1CCCCC1)c1ccccc1)c(=O)n2C. The van der Waals surface area contributed by atoms with Crippen LogP contribution in [-0.2, 0) is 35.0 Å². The van der Waals surface area contributed by atoms with Crippen molar-refractivity contribution in [3.05, 3.63) is 63.1 Å². The van der Waals surface area contributed by atoms with Gasteiger partial charge >= 0.3 is 11.7 Å². The molecule has 0 aliphatic carbocycles. The molecule has 1 aromatic carbocycles. The van der Waals surface area contributed by atoms with Crippen molar-refractivity contribution in [2.24, 2.45) is 14.1 Å². The number of piperidine rings is 1. The molecule has 1 aliphatic heterocycles. The summed E-state index contributed by atoms with van der Waals surface area (Å²) in [5.41, 5.74) is -0.354. The first kappa shape index (κ1) is 21.5. The number of imidazole rings is 1. The number of ether oxygens (including phenoxy) is 1. The Kier molecular flexibility index (Phi) is 5.93. The van der Waals surface area contributed by atoms with E-state index in [2.05, 4.69) is 4.98 Å². The Bertz CT molecular complexity index is 1270. The Hall–Kier alpha value is -3.69. The second-order valence-corrected chi connectivity index (χ2v) is 7.93.